The van der Waals surface area contributed by atoms with Gasteiger partial charge in [-0.3, -0.25) is 4.79 Å². The van der Waals surface area contributed by atoms with Crippen LogP contribution >= 0.6 is 23.2 Å². The van der Waals surface area contributed by atoms with Crippen LogP contribution in [-0.2, 0) is 11.2 Å². The lowest BCUT2D eigenvalue weighted by Crippen LogP contribution is -2.13. The van der Waals surface area contributed by atoms with Gasteiger partial charge in [-0.25, -0.2) is 0 Å². The first-order valence-corrected chi connectivity index (χ1v) is 8.99. The lowest BCUT2D eigenvalue weighted by Gasteiger charge is -2.10. The minimum atomic E-state index is -0.569. The number of allylic oxidation sites excluding steroid dienone is 1. The maximum Gasteiger partial charge on any atom is 0.266 e. The summed E-state index contributed by atoms with van der Waals surface area (Å²) >= 11 is 12.0. The maximum absolute atomic E-state index is 12.4. The zero-order chi connectivity index (χ0) is 19.8. The molecule has 0 aliphatic heterocycles. The van der Waals surface area contributed by atoms with Gasteiger partial charge in [0.15, 0.2) is 0 Å². The molecule has 0 heterocycles. The van der Waals surface area contributed by atoms with E-state index in [0.717, 1.165) is 11.3 Å². The lowest BCUT2D eigenvalue weighted by molar-refractivity contribution is -0.112. The van der Waals surface area contributed by atoms with E-state index in [1.54, 1.807) is 30.3 Å². The molecule has 1 N–H and O–H groups in total. The van der Waals surface area contributed by atoms with Crippen molar-refractivity contribution in [3.05, 3.63) is 75.8 Å². The number of anilines is 1. The second-order valence-corrected chi connectivity index (χ2v) is 6.30. The van der Waals surface area contributed by atoms with Crippen molar-refractivity contribution in [1.82, 2.24) is 0 Å². The highest BCUT2D eigenvalue weighted by atomic mass is 35.5. The Bertz CT molecular complexity index is 930. The molecule has 0 aliphatic carbocycles. The summed E-state index contributed by atoms with van der Waals surface area (Å²) in [5.41, 5.74) is 1.92. The fourth-order valence-electron chi connectivity index (χ4n) is 2.41. The van der Waals surface area contributed by atoms with Crippen molar-refractivity contribution in [1.29, 1.82) is 5.26 Å². The summed E-state index contributed by atoms with van der Waals surface area (Å²) in [7, 11) is 0. The van der Waals surface area contributed by atoms with Crippen molar-refractivity contribution in [2.45, 2.75) is 13.3 Å². The second-order valence-electron chi connectivity index (χ2n) is 5.52. The Labute approximate surface area is 168 Å². The van der Waals surface area contributed by atoms with E-state index in [4.69, 9.17) is 27.9 Å². The van der Waals surface area contributed by atoms with Crippen LogP contribution in [0.5, 0.6) is 5.75 Å². The molecule has 2 aromatic rings. The smallest absolute Gasteiger partial charge is 0.266 e. The Hall–Kier alpha value is -2.74. The van der Waals surface area contributed by atoms with Crippen molar-refractivity contribution < 1.29 is 9.53 Å². The summed E-state index contributed by atoms with van der Waals surface area (Å²) in [6.45, 7) is 6.20. The zero-order valence-electron chi connectivity index (χ0n) is 14.8. The third-order valence-corrected chi connectivity index (χ3v) is 4.44. The number of ether oxygens (including phenoxy) is 1. The van der Waals surface area contributed by atoms with Gasteiger partial charge in [0.25, 0.3) is 5.91 Å². The van der Waals surface area contributed by atoms with Gasteiger partial charge >= 0.3 is 0 Å². The van der Waals surface area contributed by atoms with E-state index in [2.05, 4.69) is 11.9 Å². The Morgan fingerprint density at radius 3 is 2.78 bits per heavy atom. The molecule has 0 saturated heterocycles. The molecule has 138 valence electrons. The van der Waals surface area contributed by atoms with Crippen LogP contribution in [0.1, 0.15) is 18.1 Å². The predicted octanol–water partition coefficient (Wildman–Crippen LogP) is 5.67. The minimum absolute atomic E-state index is 0.0558. The van der Waals surface area contributed by atoms with Crippen molar-refractivity contribution >= 4 is 40.9 Å². The number of hydrogen-bond acceptors (Lipinski definition) is 3. The van der Waals surface area contributed by atoms with E-state index in [9.17, 15) is 10.1 Å². The van der Waals surface area contributed by atoms with Crippen molar-refractivity contribution in [2.75, 3.05) is 11.9 Å². The molecule has 0 unspecified atom stereocenters. The molecule has 2 rings (SSSR count). The third-order valence-electron chi connectivity index (χ3n) is 3.62. The van der Waals surface area contributed by atoms with Crippen LogP contribution < -0.4 is 10.1 Å². The number of nitrogens with zero attached hydrogens (tertiary/aromatic N) is 1. The number of carbonyl (C=O) groups excluding carboxylic acids is 1. The highest BCUT2D eigenvalue weighted by Gasteiger charge is 2.13. The van der Waals surface area contributed by atoms with Crippen LogP contribution in [0, 0.1) is 11.3 Å². The van der Waals surface area contributed by atoms with Gasteiger partial charge in [-0.1, -0.05) is 41.4 Å². The standard InChI is InChI=1S/C21H18Cl2N2O2/c1-3-6-15-11-14(9-10-19(15)27-4-2)12-16(13-24)21(26)25-18-8-5-7-17(22)20(18)23/h3,5,7-12H,1,4,6H2,2H3,(H,25,26)/b16-12-. The van der Waals surface area contributed by atoms with Crippen LogP contribution in [0.25, 0.3) is 6.08 Å². The Balaban J connectivity index is 2.30. The van der Waals surface area contributed by atoms with Gasteiger partial charge in [0.1, 0.15) is 17.4 Å². The summed E-state index contributed by atoms with van der Waals surface area (Å²) < 4.78 is 5.59. The first-order chi connectivity index (χ1) is 13.0. The number of nitriles is 1. The molecule has 0 fully saturated rings. The van der Waals surface area contributed by atoms with E-state index in [-0.39, 0.29) is 10.6 Å². The lowest BCUT2D eigenvalue weighted by atomic mass is 10.0. The molecule has 0 aromatic heterocycles. The predicted molar refractivity (Wildman–Crippen MR) is 110 cm³/mol. The highest BCUT2D eigenvalue weighted by molar-refractivity contribution is 6.44. The van der Waals surface area contributed by atoms with Crippen molar-refractivity contribution in [3.8, 4) is 11.8 Å². The van der Waals surface area contributed by atoms with Crippen LogP contribution in [0.4, 0.5) is 5.69 Å². The summed E-state index contributed by atoms with van der Waals surface area (Å²) in [6, 6.07) is 12.3. The van der Waals surface area contributed by atoms with Crippen LogP contribution in [-0.4, -0.2) is 12.5 Å². The first kappa shape index (κ1) is 20.6. The topological polar surface area (TPSA) is 62.1 Å². The molecular formula is C21H18Cl2N2O2. The molecule has 4 nitrogen and oxygen atoms in total. The normalized spacial score (nSPS) is 10.8. The zero-order valence-corrected chi connectivity index (χ0v) is 16.3. The largest absolute Gasteiger partial charge is 0.494 e. The monoisotopic (exact) mass is 400 g/mol. The SMILES string of the molecule is C=CCc1cc(/C=C(/C#N)C(=O)Nc2cccc(Cl)c2Cl)ccc1OCC. The average molecular weight is 401 g/mol. The van der Waals surface area contributed by atoms with Crippen molar-refractivity contribution in [2.24, 2.45) is 0 Å². The molecule has 0 spiro atoms. The average Bonchev–Trinajstić information content (AvgIpc) is 2.65. The summed E-state index contributed by atoms with van der Waals surface area (Å²) in [5.74, 6) is 0.184. The van der Waals surface area contributed by atoms with Gasteiger partial charge in [-0.2, -0.15) is 5.26 Å². The highest BCUT2D eigenvalue weighted by Crippen LogP contribution is 2.30. The number of halogens is 2. The third kappa shape index (κ3) is 5.37. The van der Waals surface area contributed by atoms with E-state index in [1.807, 2.05) is 25.1 Å². The van der Waals surface area contributed by atoms with Gasteiger partial charge in [0, 0.05) is 0 Å². The molecule has 27 heavy (non-hydrogen) atoms. The van der Waals surface area contributed by atoms with E-state index >= 15 is 0 Å². The molecule has 2 aromatic carbocycles. The molecule has 0 radical (unpaired) electrons. The van der Waals surface area contributed by atoms with Crippen LogP contribution in [0.3, 0.4) is 0 Å². The Kier molecular flexibility index (Phi) is 7.48. The molecule has 6 heteroatoms. The molecule has 0 bridgehead atoms. The van der Waals surface area contributed by atoms with E-state index in [0.29, 0.717) is 29.3 Å². The number of benzene rings is 2. The Morgan fingerprint density at radius 2 is 2.11 bits per heavy atom. The molecule has 0 aliphatic rings. The van der Waals surface area contributed by atoms with Gasteiger partial charge in [0.2, 0.25) is 0 Å². The van der Waals surface area contributed by atoms with E-state index in [1.165, 1.54) is 6.08 Å². The fourth-order valence-corrected chi connectivity index (χ4v) is 2.75. The van der Waals surface area contributed by atoms with Gasteiger partial charge < -0.3 is 10.1 Å². The quantitative estimate of drug-likeness (QED) is 0.370. The van der Waals surface area contributed by atoms with Gasteiger partial charge in [0.05, 0.1) is 22.3 Å². The van der Waals surface area contributed by atoms with Crippen molar-refractivity contribution in [3.63, 3.8) is 0 Å². The first-order valence-electron chi connectivity index (χ1n) is 8.24. The second kappa shape index (κ2) is 9.82. The maximum atomic E-state index is 12.4. The van der Waals surface area contributed by atoms with Gasteiger partial charge in [-0.05, 0) is 54.8 Å². The van der Waals surface area contributed by atoms with E-state index < -0.39 is 5.91 Å². The molecule has 0 saturated carbocycles. The van der Waals surface area contributed by atoms with Crippen LogP contribution in [0.2, 0.25) is 10.0 Å². The number of amides is 1. The summed E-state index contributed by atoms with van der Waals surface area (Å²) in [4.78, 5) is 12.4. The molecular weight excluding hydrogens is 383 g/mol. The summed E-state index contributed by atoms with van der Waals surface area (Å²) in [6.07, 6.45) is 3.89. The number of hydrogen-bond donors (Lipinski definition) is 1. The van der Waals surface area contributed by atoms with Gasteiger partial charge in [-0.15, -0.1) is 6.58 Å². The number of nitrogens with one attached hydrogen (secondary N) is 1. The Morgan fingerprint density at radius 1 is 1.33 bits per heavy atom. The number of carbonyl (C=O) groups is 1. The minimum Gasteiger partial charge on any atom is -0.494 e. The molecule has 1 amide bonds. The molecule has 0 atom stereocenters. The summed E-state index contributed by atoms with van der Waals surface area (Å²) in [5, 5.41) is 12.5. The number of rotatable bonds is 7. The van der Waals surface area contributed by atoms with Crippen LogP contribution in [0.15, 0.2) is 54.6 Å². The fraction of sp³-hybridized carbons (Fsp3) is 0.143.